The summed E-state index contributed by atoms with van der Waals surface area (Å²) in [5, 5.41) is 11.9. The van der Waals surface area contributed by atoms with Crippen LogP contribution in [0, 0.1) is 40.4 Å². The Balaban J connectivity index is 1.62. The number of allylic oxidation sites excluding steroid dienone is 4. The summed E-state index contributed by atoms with van der Waals surface area (Å²) in [6.07, 6.45) is 8.25. The van der Waals surface area contributed by atoms with E-state index in [0.717, 1.165) is 36.3 Å². The van der Waals surface area contributed by atoms with Crippen molar-refractivity contribution in [3.05, 3.63) is 22.8 Å². The Hall–Kier alpha value is -0.930. The molecule has 0 aromatic carbocycles. The van der Waals surface area contributed by atoms with Crippen LogP contribution in [0.25, 0.3) is 0 Å². The molecule has 0 aromatic heterocycles. The van der Waals surface area contributed by atoms with E-state index in [0.29, 0.717) is 18.3 Å². The zero-order chi connectivity index (χ0) is 18.6. The average Bonchev–Trinajstić information content (AvgIpc) is 3.33. The van der Waals surface area contributed by atoms with Gasteiger partial charge in [0.15, 0.2) is 11.6 Å². The summed E-state index contributed by atoms with van der Waals surface area (Å²) in [5.41, 5.74) is -0.566. The Kier molecular flexibility index (Phi) is 3.25. The number of carbonyl (C=O) groups is 2. The largest absolute Gasteiger partial charge is 0.382 e. The van der Waals surface area contributed by atoms with Crippen molar-refractivity contribution in [3.63, 3.8) is 0 Å². The highest BCUT2D eigenvalue weighted by atomic mass is 35.5. The molecule has 3 fully saturated rings. The highest BCUT2D eigenvalue weighted by Crippen LogP contribution is 2.72. The van der Waals surface area contributed by atoms with Crippen LogP contribution in [0.4, 0.5) is 0 Å². The SMILES string of the molecule is CC(=O)[C@@]1(O)CCC2[C@@H]3C=C(Cl)C4=CC(=O)[C@@H]5C[C@@H]5[C@]4(C)C3CC[C@@]21C. The Morgan fingerprint density at radius 3 is 2.58 bits per heavy atom. The summed E-state index contributed by atoms with van der Waals surface area (Å²) < 4.78 is 0. The Labute approximate surface area is 159 Å². The molecule has 26 heavy (non-hydrogen) atoms. The van der Waals surface area contributed by atoms with E-state index >= 15 is 0 Å². The van der Waals surface area contributed by atoms with Crippen LogP contribution in [0.5, 0.6) is 0 Å². The zero-order valence-electron chi connectivity index (χ0n) is 15.7. The van der Waals surface area contributed by atoms with Gasteiger partial charge in [-0.1, -0.05) is 31.5 Å². The monoisotopic (exact) mass is 374 g/mol. The number of aliphatic hydroxyl groups is 1. The molecule has 0 spiro atoms. The zero-order valence-corrected chi connectivity index (χ0v) is 16.5. The van der Waals surface area contributed by atoms with Gasteiger partial charge in [-0.2, -0.15) is 0 Å². The van der Waals surface area contributed by atoms with Crippen LogP contribution in [0.3, 0.4) is 0 Å². The minimum Gasteiger partial charge on any atom is -0.382 e. The summed E-state index contributed by atoms with van der Waals surface area (Å²) in [4.78, 5) is 24.6. The van der Waals surface area contributed by atoms with Crippen molar-refractivity contribution in [2.24, 2.45) is 40.4 Å². The van der Waals surface area contributed by atoms with E-state index in [9.17, 15) is 14.7 Å². The Morgan fingerprint density at radius 1 is 1.19 bits per heavy atom. The lowest BCUT2D eigenvalue weighted by atomic mass is 9.47. The molecule has 3 nitrogen and oxygen atoms in total. The van der Waals surface area contributed by atoms with Gasteiger partial charge in [-0.05, 0) is 74.3 Å². The average molecular weight is 375 g/mol. The van der Waals surface area contributed by atoms with Crippen molar-refractivity contribution >= 4 is 23.2 Å². The third-order valence-corrected chi connectivity index (χ3v) is 9.56. The predicted molar refractivity (Wildman–Crippen MR) is 99.4 cm³/mol. The summed E-state index contributed by atoms with van der Waals surface area (Å²) in [5.74, 6) is 1.78. The number of ketones is 2. The molecule has 5 aliphatic rings. The summed E-state index contributed by atoms with van der Waals surface area (Å²) in [7, 11) is 0. The van der Waals surface area contributed by atoms with Crippen LogP contribution in [-0.2, 0) is 9.59 Å². The maximum absolute atomic E-state index is 12.3. The van der Waals surface area contributed by atoms with Crippen LogP contribution in [0.2, 0.25) is 0 Å². The quantitative estimate of drug-likeness (QED) is 0.753. The van der Waals surface area contributed by atoms with Crippen LogP contribution >= 0.6 is 11.6 Å². The summed E-state index contributed by atoms with van der Waals surface area (Å²) in [6, 6.07) is 0. The van der Waals surface area contributed by atoms with Gasteiger partial charge in [0.05, 0.1) is 0 Å². The lowest BCUT2D eigenvalue weighted by molar-refractivity contribution is -0.157. The molecule has 0 aliphatic heterocycles. The van der Waals surface area contributed by atoms with Crippen molar-refractivity contribution in [3.8, 4) is 0 Å². The van der Waals surface area contributed by atoms with Gasteiger partial charge in [0.1, 0.15) is 5.60 Å². The molecule has 140 valence electrons. The van der Waals surface area contributed by atoms with Gasteiger partial charge in [-0.3, -0.25) is 9.59 Å². The molecule has 8 atom stereocenters. The number of fused-ring (bicyclic) bond motifs is 7. The van der Waals surface area contributed by atoms with E-state index in [1.165, 1.54) is 6.92 Å². The number of hydrogen-bond acceptors (Lipinski definition) is 3. The van der Waals surface area contributed by atoms with Crippen molar-refractivity contribution in [1.29, 1.82) is 0 Å². The summed E-state index contributed by atoms with van der Waals surface area (Å²) in [6.45, 7) is 5.97. The molecular weight excluding hydrogens is 348 g/mol. The first-order valence-corrected chi connectivity index (χ1v) is 10.4. The van der Waals surface area contributed by atoms with Gasteiger partial charge in [0, 0.05) is 21.8 Å². The number of Topliss-reactive ketones (excluding diaryl/α,β-unsaturated/α-hetero) is 1. The fourth-order valence-corrected chi connectivity index (χ4v) is 7.96. The van der Waals surface area contributed by atoms with Crippen LogP contribution < -0.4 is 0 Å². The second-order valence-electron chi connectivity index (χ2n) is 9.91. The highest BCUT2D eigenvalue weighted by Gasteiger charge is 2.69. The van der Waals surface area contributed by atoms with Crippen LogP contribution in [-0.4, -0.2) is 22.3 Å². The summed E-state index contributed by atoms with van der Waals surface area (Å²) >= 11 is 6.73. The minimum atomic E-state index is -1.20. The number of hydrogen-bond donors (Lipinski definition) is 1. The first-order valence-electron chi connectivity index (χ1n) is 10.0. The molecule has 5 rings (SSSR count). The molecule has 0 radical (unpaired) electrons. The molecule has 3 saturated carbocycles. The molecule has 5 aliphatic carbocycles. The van der Waals surface area contributed by atoms with E-state index in [1.807, 2.05) is 6.08 Å². The van der Waals surface area contributed by atoms with Gasteiger partial charge in [0.25, 0.3) is 0 Å². The third-order valence-electron chi connectivity index (χ3n) is 9.23. The van der Waals surface area contributed by atoms with E-state index in [4.69, 9.17) is 11.6 Å². The molecular formula is C22H27ClO3. The smallest absolute Gasteiger partial charge is 0.161 e. The molecule has 0 amide bonds. The van der Waals surface area contributed by atoms with E-state index in [-0.39, 0.29) is 40.2 Å². The van der Waals surface area contributed by atoms with Crippen LogP contribution in [0.1, 0.15) is 52.9 Å². The maximum atomic E-state index is 12.3. The fraction of sp³-hybridized carbons (Fsp3) is 0.727. The standard InChI is InChI=1S/C22H27ClO3/c1-11(24)22(26)7-5-14-12-9-18(23)17-10-19(25)13-8-16(13)21(17,3)15(12)4-6-20(14,22)2/h9-10,12-16,26H,4-8H2,1-3H3/t12-,13+,14?,15?,16-,20-,21-,22-/m0/s1. The number of rotatable bonds is 1. The molecule has 0 heterocycles. The lowest BCUT2D eigenvalue weighted by Crippen LogP contribution is -2.56. The van der Waals surface area contributed by atoms with Crippen LogP contribution in [0.15, 0.2) is 22.8 Å². The van der Waals surface area contributed by atoms with Crippen molar-refractivity contribution in [2.75, 3.05) is 0 Å². The Morgan fingerprint density at radius 2 is 1.88 bits per heavy atom. The van der Waals surface area contributed by atoms with Gasteiger partial charge in [-0.15, -0.1) is 0 Å². The third kappa shape index (κ3) is 1.75. The van der Waals surface area contributed by atoms with E-state index < -0.39 is 5.60 Å². The highest BCUT2D eigenvalue weighted by molar-refractivity contribution is 6.32. The lowest BCUT2D eigenvalue weighted by Gasteiger charge is -2.57. The van der Waals surface area contributed by atoms with Gasteiger partial charge in [-0.25, -0.2) is 0 Å². The topological polar surface area (TPSA) is 54.4 Å². The second-order valence-corrected chi connectivity index (χ2v) is 10.3. The van der Waals surface area contributed by atoms with Crippen molar-refractivity contribution in [1.82, 2.24) is 0 Å². The normalized spacial score (nSPS) is 54.3. The molecule has 4 heteroatoms. The van der Waals surface area contributed by atoms with Gasteiger partial charge < -0.3 is 5.11 Å². The molecule has 0 saturated heterocycles. The van der Waals surface area contributed by atoms with Crippen molar-refractivity contribution in [2.45, 2.75) is 58.5 Å². The van der Waals surface area contributed by atoms with Gasteiger partial charge in [0.2, 0.25) is 0 Å². The number of halogens is 1. The Bertz CT molecular complexity index is 797. The van der Waals surface area contributed by atoms with E-state index in [2.05, 4.69) is 19.9 Å². The first-order chi connectivity index (χ1) is 12.1. The molecule has 0 aromatic rings. The van der Waals surface area contributed by atoms with Crippen molar-refractivity contribution < 1.29 is 14.7 Å². The minimum absolute atomic E-state index is 0.0344. The molecule has 0 bridgehead atoms. The number of carbonyl (C=O) groups excluding carboxylic acids is 2. The maximum Gasteiger partial charge on any atom is 0.161 e. The first kappa shape index (κ1) is 17.2. The molecule has 1 N–H and O–H groups in total. The fourth-order valence-electron chi connectivity index (χ4n) is 7.56. The predicted octanol–water partition coefficient (Wildman–Crippen LogP) is 4.04. The second kappa shape index (κ2) is 4.91. The van der Waals surface area contributed by atoms with E-state index in [1.54, 1.807) is 0 Å². The molecule has 2 unspecified atom stereocenters. The van der Waals surface area contributed by atoms with Gasteiger partial charge >= 0.3 is 0 Å².